The molecule has 4 nitrogen and oxygen atoms in total. The number of rotatable bonds is 5. The van der Waals surface area contributed by atoms with Gasteiger partial charge in [0.25, 0.3) is 0 Å². The van der Waals surface area contributed by atoms with Crippen LogP contribution in [-0.2, 0) is 9.59 Å². The van der Waals surface area contributed by atoms with E-state index in [2.05, 4.69) is 5.32 Å². The van der Waals surface area contributed by atoms with E-state index in [-0.39, 0.29) is 11.8 Å². The van der Waals surface area contributed by atoms with Crippen LogP contribution < -0.4 is 5.32 Å². The van der Waals surface area contributed by atoms with Gasteiger partial charge >= 0.3 is 5.97 Å². The average molecular weight is 187 g/mol. The number of hydrogen-bond acceptors (Lipinski definition) is 2. The van der Waals surface area contributed by atoms with Gasteiger partial charge < -0.3 is 10.4 Å². The molecule has 0 heterocycles. The van der Waals surface area contributed by atoms with Crippen molar-refractivity contribution < 1.29 is 14.7 Å². The quantitative estimate of drug-likeness (QED) is 0.675. The van der Waals surface area contributed by atoms with Crippen molar-refractivity contribution in [3.05, 3.63) is 0 Å². The van der Waals surface area contributed by atoms with E-state index >= 15 is 0 Å². The van der Waals surface area contributed by atoms with Crippen LogP contribution in [0.3, 0.4) is 0 Å². The molecule has 0 fully saturated rings. The summed E-state index contributed by atoms with van der Waals surface area (Å²) in [6.07, 6.45) is 1.14. The molecule has 0 aliphatic rings. The first-order valence-electron chi connectivity index (χ1n) is 4.56. The number of hydrogen-bond donors (Lipinski definition) is 2. The molecule has 0 aromatic rings. The van der Waals surface area contributed by atoms with Crippen LogP contribution in [0.25, 0.3) is 0 Å². The molecule has 2 N–H and O–H groups in total. The van der Waals surface area contributed by atoms with Crippen LogP contribution in [0.2, 0.25) is 0 Å². The van der Waals surface area contributed by atoms with Crippen molar-refractivity contribution in [3.8, 4) is 0 Å². The molecule has 0 saturated heterocycles. The summed E-state index contributed by atoms with van der Waals surface area (Å²) >= 11 is 0. The maximum atomic E-state index is 11.3. The fourth-order valence-corrected chi connectivity index (χ4v) is 0.838. The number of carbonyl (C=O) groups excluding carboxylic acids is 1. The Balaban J connectivity index is 4.09. The molecular formula is C9H17NO3. The van der Waals surface area contributed by atoms with Crippen molar-refractivity contribution in [3.63, 3.8) is 0 Å². The predicted octanol–water partition coefficient (Wildman–Crippen LogP) is 1.01. The molecule has 0 aliphatic heterocycles. The molecule has 0 saturated carbocycles. The fraction of sp³-hybridized carbons (Fsp3) is 0.778. The molecule has 0 aromatic heterocycles. The lowest BCUT2D eigenvalue weighted by atomic mass is 10.1. The van der Waals surface area contributed by atoms with Gasteiger partial charge in [-0.15, -0.1) is 0 Å². The molecule has 0 rings (SSSR count). The van der Waals surface area contributed by atoms with E-state index in [1.165, 1.54) is 0 Å². The second-order valence-electron chi connectivity index (χ2n) is 3.12. The third-order valence-electron chi connectivity index (χ3n) is 2.08. The molecule has 1 unspecified atom stereocenters. The highest BCUT2D eigenvalue weighted by atomic mass is 16.4. The lowest BCUT2D eigenvalue weighted by Gasteiger charge is -2.15. The summed E-state index contributed by atoms with van der Waals surface area (Å²) in [7, 11) is 0. The van der Waals surface area contributed by atoms with Gasteiger partial charge in [-0.3, -0.25) is 4.79 Å². The van der Waals surface area contributed by atoms with Gasteiger partial charge in [0.15, 0.2) is 0 Å². The van der Waals surface area contributed by atoms with E-state index in [0.717, 1.165) is 6.42 Å². The Labute approximate surface area is 78.3 Å². The summed E-state index contributed by atoms with van der Waals surface area (Å²) in [6, 6.07) is -0.749. The van der Waals surface area contributed by atoms with Gasteiger partial charge in [0, 0.05) is 5.92 Å². The monoisotopic (exact) mass is 187 g/mol. The highest BCUT2D eigenvalue weighted by Gasteiger charge is 2.19. The SMILES string of the molecule is CCC(C)C(=O)N[C@H](CC)C(=O)O. The Morgan fingerprint density at radius 2 is 1.85 bits per heavy atom. The largest absolute Gasteiger partial charge is 0.480 e. The maximum Gasteiger partial charge on any atom is 0.326 e. The minimum absolute atomic E-state index is 0.117. The standard InChI is InChI=1S/C9H17NO3/c1-4-6(3)8(11)10-7(5-2)9(12)13/h6-7H,4-5H2,1-3H3,(H,10,11)(H,12,13)/t6?,7-/m1/s1. The van der Waals surface area contributed by atoms with Gasteiger partial charge in [-0.05, 0) is 12.8 Å². The zero-order valence-corrected chi connectivity index (χ0v) is 8.33. The number of nitrogens with one attached hydrogen (secondary N) is 1. The van der Waals surface area contributed by atoms with Gasteiger partial charge in [0.05, 0.1) is 0 Å². The lowest BCUT2D eigenvalue weighted by Crippen LogP contribution is -2.42. The van der Waals surface area contributed by atoms with Crippen LogP contribution in [-0.4, -0.2) is 23.0 Å². The van der Waals surface area contributed by atoms with Crippen LogP contribution >= 0.6 is 0 Å². The van der Waals surface area contributed by atoms with Crippen molar-refractivity contribution in [2.45, 2.75) is 39.7 Å². The van der Waals surface area contributed by atoms with Gasteiger partial charge in [0.1, 0.15) is 6.04 Å². The molecule has 76 valence electrons. The third-order valence-corrected chi connectivity index (χ3v) is 2.08. The molecule has 0 aromatic carbocycles. The van der Waals surface area contributed by atoms with Gasteiger partial charge in [0.2, 0.25) is 5.91 Å². The molecule has 0 radical (unpaired) electrons. The smallest absolute Gasteiger partial charge is 0.326 e. The Bertz CT molecular complexity index is 191. The minimum atomic E-state index is -0.973. The van der Waals surface area contributed by atoms with Crippen LogP contribution in [0.5, 0.6) is 0 Å². The van der Waals surface area contributed by atoms with Crippen molar-refractivity contribution >= 4 is 11.9 Å². The summed E-state index contributed by atoms with van der Waals surface area (Å²) in [5.74, 6) is -1.27. The minimum Gasteiger partial charge on any atom is -0.480 e. The summed E-state index contributed by atoms with van der Waals surface area (Å²) < 4.78 is 0. The Morgan fingerprint density at radius 1 is 1.31 bits per heavy atom. The molecular weight excluding hydrogens is 170 g/mol. The Morgan fingerprint density at radius 3 is 2.15 bits per heavy atom. The van der Waals surface area contributed by atoms with Gasteiger partial charge in [-0.2, -0.15) is 0 Å². The van der Waals surface area contributed by atoms with E-state index in [0.29, 0.717) is 6.42 Å². The Kier molecular flexibility index (Phi) is 5.11. The number of aliphatic carboxylic acids is 1. The van der Waals surface area contributed by atoms with Crippen LogP contribution in [0.4, 0.5) is 0 Å². The molecule has 2 atom stereocenters. The van der Waals surface area contributed by atoms with E-state index in [9.17, 15) is 9.59 Å². The van der Waals surface area contributed by atoms with Gasteiger partial charge in [-0.1, -0.05) is 20.8 Å². The second kappa shape index (κ2) is 5.56. The first-order chi connectivity index (χ1) is 6.02. The first kappa shape index (κ1) is 11.9. The average Bonchev–Trinajstić information content (AvgIpc) is 2.11. The predicted molar refractivity (Wildman–Crippen MR) is 49.3 cm³/mol. The summed E-state index contributed by atoms with van der Waals surface area (Å²) in [5.41, 5.74) is 0. The highest BCUT2D eigenvalue weighted by Crippen LogP contribution is 2.01. The summed E-state index contributed by atoms with van der Waals surface area (Å²) in [4.78, 5) is 21.8. The zero-order chi connectivity index (χ0) is 10.4. The summed E-state index contributed by atoms with van der Waals surface area (Å²) in [5, 5.41) is 11.1. The lowest BCUT2D eigenvalue weighted by molar-refractivity contribution is -0.142. The third kappa shape index (κ3) is 3.92. The van der Waals surface area contributed by atoms with Crippen molar-refractivity contribution in [2.75, 3.05) is 0 Å². The normalized spacial score (nSPS) is 14.7. The number of carboxylic acid groups (broad SMARTS) is 1. The zero-order valence-electron chi connectivity index (χ0n) is 8.33. The van der Waals surface area contributed by atoms with E-state index < -0.39 is 12.0 Å². The topological polar surface area (TPSA) is 66.4 Å². The van der Waals surface area contributed by atoms with E-state index in [4.69, 9.17) is 5.11 Å². The van der Waals surface area contributed by atoms with Crippen LogP contribution in [0, 0.1) is 5.92 Å². The first-order valence-corrected chi connectivity index (χ1v) is 4.56. The van der Waals surface area contributed by atoms with E-state index in [1.807, 2.05) is 6.92 Å². The van der Waals surface area contributed by atoms with Gasteiger partial charge in [-0.25, -0.2) is 4.79 Å². The van der Waals surface area contributed by atoms with Crippen LogP contribution in [0.15, 0.2) is 0 Å². The number of carboxylic acids is 1. The fourth-order valence-electron chi connectivity index (χ4n) is 0.838. The van der Waals surface area contributed by atoms with E-state index in [1.54, 1.807) is 13.8 Å². The molecule has 13 heavy (non-hydrogen) atoms. The molecule has 1 amide bonds. The number of amides is 1. The number of carbonyl (C=O) groups is 2. The maximum absolute atomic E-state index is 11.3. The molecule has 0 bridgehead atoms. The Hall–Kier alpha value is -1.06. The summed E-state index contributed by atoms with van der Waals surface area (Å²) in [6.45, 7) is 5.41. The molecule has 4 heteroatoms. The van der Waals surface area contributed by atoms with Crippen molar-refractivity contribution in [2.24, 2.45) is 5.92 Å². The molecule has 0 aliphatic carbocycles. The van der Waals surface area contributed by atoms with Crippen LogP contribution in [0.1, 0.15) is 33.6 Å². The van der Waals surface area contributed by atoms with Crippen molar-refractivity contribution in [1.29, 1.82) is 0 Å². The van der Waals surface area contributed by atoms with Crippen molar-refractivity contribution in [1.82, 2.24) is 5.32 Å². The highest BCUT2D eigenvalue weighted by molar-refractivity contribution is 5.84. The second-order valence-corrected chi connectivity index (χ2v) is 3.12. The molecule has 0 spiro atoms.